The Morgan fingerprint density at radius 1 is 0.810 bits per heavy atom. The molecule has 0 aromatic carbocycles. The fourth-order valence-corrected chi connectivity index (χ4v) is 3.34. The molecule has 1 aliphatic heterocycles. The normalized spacial score (nSPS) is 19.0. The van der Waals surface area contributed by atoms with Crippen LogP contribution in [0.3, 0.4) is 0 Å². The maximum atomic E-state index is 5.87. The summed E-state index contributed by atoms with van der Waals surface area (Å²) < 4.78 is 0. The predicted molar refractivity (Wildman–Crippen MR) is 94.7 cm³/mol. The molecule has 0 aromatic rings. The van der Waals surface area contributed by atoms with Crippen molar-refractivity contribution in [3.63, 3.8) is 0 Å². The monoisotopic (exact) mass is 296 g/mol. The van der Waals surface area contributed by atoms with Crippen LogP contribution in [0.15, 0.2) is 0 Å². The second-order valence-electron chi connectivity index (χ2n) is 7.54. The summed E-state index contributed by atoms with van der Waals surface area (Å²) in [5, 5.41) is 0. The zero-order valence-electron chi connectivity index (χ0n) is 14.8. The number of rotatable bonds is 12. The Morgan fingerprint density at radius 2 is 1.29 bits per heavy atom. The van der Waals surface area contributed by atoms with Gasteiger partial charge in [-0.2, -0.15) is 0 Å². The minimum Gasteiger partial charge on any atom is -0.330 e. The number of unbranched alkanes of at least 4 members (excludes halogenated alkanes) is 9. The highest BCUT2D eigenvalue weighted by Crippen LogP contribution is 2.29. The summed E-state index contributed by atoms with van der Waals surface area (Å²) in [5.74, 6) is 0. The SMILES string of the molecule is CCCCCCCCCCCCN1CCC(C)(CN)CC1. The van der Waals surface area contributed by atoms with Crippen LogP contribution in [-0.2, 0) is 0 Å². The Hall–Kier alpha value is -0.0800. The third-order valence-corrected chi connectivity index (χ3v) is 5.38. The summed E-state index contributed by atoms with van der Waals surface area (Å²) in [6.45, 7) is 9.36. The Bertz CT molecular complexity index is 232. The zero-order valence-corrected chi connectivity index (χ0v) is 14.8. The van der Waals surface area contributed by atoms with Gasteiger partial charge < -0.3 is 10.6 Å². The number of nitrogens with zero attached hydrogens (tertiary/aromatic N) is 1. The molecule has 1 rings (SSSR count). The Labute approximate surface area is 133 Å². The maximum absolute atomic E-state index is 5.87. The summed E-state index contributed by atoms with van der Waals surface area (Å²) in [7, 11) is 0. The molecule has 0 radical (unpaired) electrons. The molecule has 0 aromatic heterocycles. The van der Waals surface area contributed by atoms with Crippen molar-refractivity contribution < 1.29 is 0 Å². The quantitative estimate of drug-likeness (QED) is 0.515. The Kier molecular flexibility index (Phi) is 10.4. The summed E-state index contributed by atoms with van der Waals surface area (Å²) in [6.07, 6.45) is 16.9. The fourth-order valence-electron chi connectivity index (χ4n) is 3.34. The number of likely N-dealkylation sites (tertiary alicyclic amines) is 1. The first kappa shape index (κ1) is 19.0. The molecule has 2 heteroatoms. The topological polar surface area (TPSA) is 29.3 Å². The van der Waals surface area contributed by atoms with Crippen LogP contribution < -0.4 is 5.73 Å². The van der Waals surface area contributed by atoms with Crippen LogP contribution in [0.1, 0.15) is 90.9 Å². The fraction of sp³-hybridized carbons (Fsp3) is 1.00. The van der Waals surface area contributed by atoms with Crippen molar-refractivity contribution in [2.45, 2.75) is 90.9 Å². The van der Waals surface area contributed by atoms with Crippen molar-refractivity contribution >= 4 is 0 Å². The van der Waals surface area contributed by atoms with E-state index >= 15 is 0 Å². The van der Waals surface area contributed by atoms with Gasteiger partial charge >= 0.3 is 0 Å². The highest BCUT2D eigenvalue weighted by molar-refractivity contribution is 4.82. The molecular formula is C19H40N2. The molecule has 21 heavy (non-hydrogen) atoms. The van der Waals surface area contributed by atoms with E-state index in [1.165, 1.54) is 96.7 Å². The van der Waals surface area contributed by atoms with E-state index in [0.29, 0.717) is 5.41 Å². The Balaban J connectivity index is 1.85. The van der Waals surface area contributed by atoms with E-state index in [1.54, 1.807) is 0 Å². The number of nitrogens with two attached hydrogens (primary N) is 1. The van der Waals surface area contributed by atoms with Gasteiger partial charge in [-0.3, -0.25) is 0 Å². The summed E-state index contributed by atoms with van der Waals surface area (Å²) in [4.78, 5) is 2.65. The lowest BCUT2D eigenvalue weighted by Gasteiger charge is -2.38. The molecule has 1 aliphatic rings. The lowest BCUT2D eigenvalue weighted by Crippen LogP contribution is -2.42. The van der Waals surface area contributed by atoms with E-state index in [9.17, 15) is 0 Å². The van der Waals surface area contributed by atoms with E-state index in [4.69, 9.17) is 5.73 Å². The molecule has 0 atom stereocenters. The third kappa shape index (κ3) is 8.83. The van der Waals surface area contributed by atoms with Gasteiger partial charge in [-0.05, 0) is 50.9 Å². The zero-order chi connectivity index (χ0) is 15.4. The Morgan fingerprint density at radius 3 is 1.76 bits per heavy atom. The summed E-state index contributed by atoms with van der Waals surface area (Å²) in [5.41, 5.74) is 6.30. The smallest absolute Gasteiger partial charge is 0.00131 e. The third-order valence-electron chi connectivity index (χ3n) is 5.38. The van der Waals surface area contributed by atoms with Crippen molar-refractivity contribution in [3.05, 3.63) is 0 Å². The molecule has 0 spiro atoms. The molecular weight excluding hydrogens is 256 g/mol. The summed E-state index contributed by atoms with van der Waals surface area (Å²) in [6, 6.07) is 0. The predicted octanol–water partition coefficient (Wildman–Crippen LogP) is 4.97. The molecule has 2 N–H and O–H groups in total. The molecule has 1 saturated heterocycles. The van der Waals surface area contributed by atoms with Crippen LogP contribution in [-0.4, -0.2) is 31.1 Å². The van der Waals surface area contributed by atoms with Crippen molar-refractivity contribution in [2.24, 2.45) is 11.1 Å². The number of piperidine rings is 1. The van der Waals surface area contributed by atoms with Crippen molar-refractivity contribution in [1.29, 1.82) is 0 Å². The molecule has 0 amide bonds. The van der Waals surface area contributed by atoms with Crippen LogP contribution in [0.2, 0.25) is 0 Å². The molecule has 2 nitrogen and oxygen atoms in total. The first-order chi connectivity index (χ1) is 10.2. The van der Waals surface area contributed by atoms with Crippen LogP contribution in [0.5, 0.6) is 0 Å². The van der Waals surface area contributed by atoms with Gasteiger partial charge in [-0.25, -0.2) is 0 Å². The average Bonchev–Trinajstić information content (AvgIpc) is 2.51. The van der Waals surface area contributed by atoms with Crippen LogP contribution >= 0.6 is 0 Å². The number of hydrogen-bond donors (Lipinski definition) is 1. The van der Waals surface area contributed by atoms with Gasteiger partial charge in [-0.15, -0.1) is 0 Å². The van der Waals surface area contributed by atoms with Gasteiger partial charge in [0.15, 0.2) is 0 Å². The number of hydrogen-bond acceptors (Lipinski definition) is 2. The van der Waals surface area contributed by atoms with Crippen LogP contribution in [0.25, 0.3) is 0 Å². The highest BCUT2D eigenvalue weighted by Gasteiger charge is 2.28. The van der Waals surface area contributed by atoms with E-state index in [2.05, 4.69) is 18.7 Å². The highest BCUT2D eigenvalue weighted by atomic mass is 15.1. The van der Waals surface area contributed by atoms with E-state index in [1.807, 2.05) is 0 Å². The minimum atomic E-state index is 0.425. The van der Waals surface area contributed by atoms with Gasteiger partial charge in [0.25, 0.3) is 0 Å². The van der Waals surface area contributed by atoms with Crippen molar-refractivity contribution in [1.82, 2.24) is 4.90 Å². The molecule has 1 fully saturated rings. The molecule has 1 heterocycles. The van der Waals surface area contributed by atoms with Gasteiger partial charge in [0.1, 0.15) is 0 Å². The van der Waals surface area contributed by atoms with Gasteiger partial charge in [0.2, 0.25) is 0 Å². The average molecular weight is 297 g/mol. The first-order valence-corrected chi connectivity index (χ1v) is 9.62. The van der Waals surface area contributed by atoms with E-state index in [0.717, 1.165) is 6.54 Å². The van der Waals surface area contributed by atoms with Crippen molar-refractivity contribution in [2.75, 3.05) is 26.2 Å². The minimum absolute atomic E-state index is 0.425. The van der Waals surface area contributed by atoms with Crippen LogP contribution in [0.4, 0.5) is 0 Å². The van der Waals surface area contributed by atoms with Crippen molar-refractivity contribution in [3.8, 4) is 0 Å². The standard InChI is InChI=1S/C19H40N2/c1-3-4-5-6-7-8-9-10-11-12-15-21-16-13-19(2,18-20)14-17-21/h3-18,20H2,1-2H3. The van der Waals surface area contributed by atoms with Gasteiger partial charge in [0, 0.05) is 0 Å². The van der Waals surface area contributed by atoms with Gasteiger partial charge in [-0.1, -0.05) is 71.6 Å². The molecule has 126 valence electrons. The van der Waals surface area contributed by atoms with Crippen LogP contribution in [0, 0.1) is 5.41 Å². The maximum Gasteiger partial charge on any atom is -0.00131 e. The first-order valence-electron chi connectivity index (χ1n) is 9.62. The largest absolute Gasteiger partial charge is 0.330 e. The van der Waals surface area contributed by atoms with Gasteiger partial charge in [0.05, 0.1) is 0 Å². The second kappa shape index (κ2) is 11.5. The molecule has 0 bridgehead atoms. The molecule has 0 aliphatic carbocycles. The van der Waals surface area contributed by atoms with E-state index < -0.39 is 0 Å². The molecule has 0 saturated carbocycles. The second-order valence-corrected chi connectivity index (χ2v) is 7.54. The lowest BCUT2D eigenvalue weighted by molar-refractivity contribution is 0.123. The van der Waals surface area contributed by atoms with E-state index in [-0.39, 0.29) is 0 Å². The molecule has 0 unspecified atom stereocenters. The lowest BCUT2D eigenvalue weighted by atomic mass is 9.80. The summed E-state index contributed by atoms with van der Waals surface area (Å²) >= 11 is 0.